The highest BCUT2D eigenvalue weighted by atomic mass is 79.9. The number of hydrogen-bond acceptors (Lipinski definition) is 3. The van der Waals surface area contributed by atoms with E-state index in [0.29, 0.717) is 12.1 Å². The number of carbonyl (C=O) groups excluding carboxylic acids is 2. The summed E-state index contributed by atoms with van der Waals surface area (Å²) in [6, 6.07) is 16.6. The van der Waals surface area contributed by atoms with Crippen LogP contribution in [0.2, 0.25) is 0 Å². The monoisotopic (exact) mass is 361 g/mol. The van der Waals surface area contributed by atoms with Gasteiger partial charge in [-0.1, -0.05) is 52.3 Å². The van der Waals surface area contributed by atoms with Crippen molar-refractivity contribution in [2.45, 2.75) is 6.54 Å². The second-order valence-electron chi connectivity index (χ2n) is 4.73. The van der Waals surface area contributed by atoms with E-state index in [1.54, 1.807) is 18.2 Å². The molecule has 0 saturated heterocycles. The summed E-state index contributed by atoms with van der Waals surface area (Å²) < 4.78 is 5.50. The Morgan fingerprint density at radius 2 is 1.82 bits per heavy atom. The van der Waals surface area contributed by atoms with Crippen LogP contribution in [0, 0.1) is 0 Å². The van der Waals surface area contributed by atoms with E-state index >= 15 is 0 Å². The van der Waals surface area contributed by atoms with Crippen LogP contribution in [-0.4, -0.2) is 30.4 Å². The molecule has 22 heavy (non-hydrogen) atoms. The number of rotatable bonds is 5. The highest BCUT2D eigenvalue weighted by Crippen LogP contribution is 2.15. The average molecular weight is 362 g/mol. The maximum Gasteiger partial charge on any atom is 0.325 e. The quantitative estimate of drug-likeness (QED) is 0.767. The smallest absolute Gasteiger partial charge is 0.325 e. The third-order valence-electron chi connectivity index (χ3n) is 3.12. The van der Waals surface area contributed by atoms with Crippen molar-refractivity contribution < 1.29 is 14.3 Å². The fraction of sp³-hybridized carbons (Fsp3) is 0.176. The average Bonchev–Trinajstić information content (AvgIpc) is 2.54. The van der Waals surface area contributed by atoms with Gasteiger partial charge in [0.25, 0.3) is 5.91 Å². The number of halogens is 1. The van der Waals surface area contributed by atoms with Gasteiger partial charge >= 0.3 is 5.97 Å². The van der Waals surface area contributed by atoms with Gasteiger partial charge in [-0.05, 0) is 23.8 Å². The molecule has 2 aromatic carbocycles. The molecule has 0 bridgehead atoms. The highest BCUT2D eigenvalue weighted by Gasteiger charge is 2.19. The van der Waals surface area contributed by atoms with Crippen LogP contribution in [0.1, 0.15) is 15.9 Å². The number of nitrogens with zero attached hydrogens (tertiary/aromatic N) is 1. The molecule has 0 radical (unpaired) electrons. The van der Waals surface area contributed by atoms with Crippen LogP contribution in [-0.2, 0) is 16.1 Å². The summed E-state index contributed by atoms with van der Waals surface area (Å²) >= 11 is 3.35. The second kappa shape index (κ2) is 7.75. The van der Waals surface area contributed by atoms with Gasteiger partial charge in [-0.3, -0.25) is 9.59 Å². The molecular formula is C17H16BrNO3. The largest absolute Gasteiger partial charge is 0.468 e. The van der Waals surface area contributed by atoms with Gasteiger partial charge in [-0.25, -0.2) is 0 Å². The molecule has 0 aliphatic rings. The maximum absolute atomic E-state index is 12.7. The highest BCUT2D eigenvalue weighted by molar-refractivity contribution is 9.10. The number of amides is 1. The standard InChI is InChI=1S/C17H16BrNO3/c1-22-16(20)12-19(11-13-6-3-2-4-7-13)17(21)14-8-5-9-15(18)10-14/h2-10H,11-12H2,1H3. The van der Waals surface area contributed by atoms with Crippen molar-refractivity contribution in [1.29, 1.82) is 0 Å². The van der Waals surface area contributed by atoms with Gasteiger partial charge in [0.1, 0.15) is 6.54 Å². The minimum absolute atomic E-state index is 0.0866. The van der Waals surface area contributed by atoms with E-state index in [9.17, 15) is 9.59 Å². The molecule has 0 aliphatic carbocycles. The van der Waals surface area contributed by atoms with Crippen LogP contribution in [0.25, 0.3) is 0 Å². The Bertz CT molecular complexity index is 658. The van der Waals surface area contributed by atoms with Crippen LogP contribution >= 0.6 is 15.9 Å². The first kappa shape index (κ1) is 16.2. The van der Waals surface area contributed by atoms with Crippen molar-refractivity contribution in [1.82, 2.24) is 4.90 Å². The molecule has 0 unspecified atom stereocenters. The third kappa shape index (κ3) is 4.43. The lowest BCUT2D eigenvalue weighted by Crippen LogP contribution is -2.35. The molecule has 0 spiro atoms. The predicted molar refractivity (Wildman–Crippen MR) is 87.3 cm³/mol. The predicted octanol–water partition coefficient (Wildman–Crippen LogP) is 3.26. The molecule has 1 amide bonds. The molecule has 0 fully saturated rings. The van der Waals surface area contributed by atoms with Gasteiger partial charge < -0.3 is 9.64 Å². The Kier molecular flexibility index (Phi) is 5.72. The third-order valence-corrected chi connectivity index (χ3v) is 3.62. The molecule has 5 heteroatoms. The van der Waals surface area contributed by atoms with Gasteiger partial charge in [0, 0.05) is 16.6 Å². The number of methoxy groups -OCH3 is 1. The number of benzene rings is 2. The zero-order chi connectivity index (χ0) is 15.9. The molecule has 2 rings (SSSR count). The normalized spacial score (nSPS) is 10.1. The van der Waals surface area contributed by atoms with Crippen molar-refractivity contribution in [2.75, 3.05) is 13.7 Å². The van der Waals surface area contributed by atoms with Crippen molar-refractivity contribution in [2.24, 2.45) is 0 Å². The van der Waals surface area contributed by atoms with Gasteiger partial charge in [-0.2, -0.15) is 0 Å². The van der Waals surface area contributed by atoms with E-state index in [1.807, 2.05) is 36.4 Å². The van der Waals surface area contributed by atoms with Crippen LogP contribution in [0.15, 0.2) is 59.1 Å². The first-order valence-corrected chi connectivity index (χ1v) is 7.55. The lowest BCUT2D eigenvalue weighted by molar-refractivity contribution is -0.141. The van der Waals surface area contributed by atoms with E-state index in [0.717, 1.165) is 10.0 Å². The van der Waals surface area contributed by atoms with Gasteiger partial charge in [0.15, 0.2) is 0 Å². The second-order valence-corrected chi connectivity index (χ2v) is 5.65. The summed E-state index contributed by atoms with van der Waals surface area (Å²) in [4.78, 5) is 25.7. The number of ether oxygens (including phenoxy) is 1. The fourth-order valence-electron chi connectivity index (χ4n) is 2.03. The maximum atomic E-state index is 12.7. The Morgan fingerprint density at radius 1 is 1.09 bits per heavy atom. The molecular weight excluding hydrogens is 346 g/mol. The number of esters is 1. The molecule has 0 saturated carbocycles. The summed E-state index contributed by atoms with van der Waals surface area (Å²) in [5.41, 5.74) is 1.48. The Labute approximate surface area is 137 Å². The molecule has 4 nitrogen and oxygen atoms in total. The first-order chi connectivity index (χ1) is 10.6. The van der Waals surface area contributed by atoms with Crippen molar-refractivity contribution >= 4 is 27.8 Å². The Balaban J connectivity index is 2.23. The molecule has 0 heterocycles. The van der Waals surface area contributed by atoms with Crippen LogP contribution in [0.4, 0.5) is 0 Å². The van der Waals surface area contributed by atoms with E-state index in [1.165, 1.54) is 12.0 Å². The van der Waals surface area contributed by atoms with Crippen LogP contribution in [0.3, 0.4) is 0 Å². The van der Waals surface area contributed by atoms with Crippen molar-refractivity contribution in [3.63, 3.8) is 0 Å². The van der Waals surface area contributed by atoms with Gasteiger partial charge in [0.05, 0.1) is 7.11 Å². The summed E-state index contributed by atoms with van der Waals surface area (Å²) in [6.07, 6.45) is 0. The minimum Gasteiger partial charge on any atom is -0.468 e. The number of hydrogen-bond donors (Lipinski definition) is 0. The lowest BCUT2D eigenvalue weighted by Gasteiger charge is -2.21. The van der Waals surface area contributed by atoms with E-state index in [4.69, 9.17) is 0 Å². The van der Waals surface area contributed by atoms with Crippen molar-refractivity contribution in [3.05, 3.63) is 70.2 Å². The molecule has 2 aromatic rings. The minimum atomic E-state index is -0.445. The van der Waals surface area contributed by atoms with E-state index in [-0.39, 0.29) is 12.5 Å². The lowest BCUT2D eigenvalue weighted by atomic mass is 10.1. The summed E-state index contributed by atoms with van der Waals surface area (Å²) in [5, 5.41) is 0. The topological polar surface area (TPSA) is 46.6 Å². The molecule has 0 aliphatic heterocycles. The first-order valence-electron chi connectivity index (χ1n) is 6.75. The molecule has 0 atom stereocenters. The van der Waals surface area contributed by atoms with Gasteiger partial charge in [0.2, 0.25) is 0 Å². The van der Waals surface area contributed by atoms with Gasteiger partial charge in [-0.15, -0.1) is 0 Å². The van der Waals surface area contributed by atoms with Crippen molar-refractivity contribution in [3.8, 4) is 0 Å². The fourth-order valence-corrected chi connectivity index (χ4v) is 2.43. The van der Waals surface area contributed by atoms with Crippen LogP contribution < -0.4 is 0 Å². The Hall–Kier alpha value is -2.14. The number of carbonyl (C=O) groups is 2. The molecule has 114 valence electrons. The summed E-state index contributed by atoms with van der Waals surface area (Å²) in [5.74, 6) is -0.658. The summed E-state index contributed by atoms with van der Waals surface area (Å²) in [7, 11) is 1.31. The zero-order valence-corrected chi connectivity index (χ0v) is 13.7. The Morgan fingerprint density at radius 3 is 2.45 bits per heavy atom. The molecule has 0 N–H and O–H groups in total. The molecule has 0 aromatic heterocycles. The van der Waals surface area contributed by atoms with Crippen LogP contribution in [0.5, 0.6) is 0 Å². The summed E-state index contributed by atoms with van der Waals surface area (Å²) in [6.45, 7) is 0.262. The SMILES string of the molecule is COC(=O)CN(Cc1ccccc1)C(=O)c1cccc(Br)c1. The van der Waals surface area contributed by atoms with E-state index < -0.39 is 5.97 Å². The zero-order valence-electron chi connectivity index (χ0n) is 12.2. The van der Waals surface area contributed by atoms with E-state index in [2.05, 4.69) is 20.7 Å².